The predicted octanol–water partition coefficient (Wildman–Crippen LogP) is 4.66. The Morgan fingerprint density at radius 1 is 0.914 bits per heavy atom. The van der Waals surface area contributed by atoms with Gasteiger partial charge in [0.05, 0.1) is 11.4 Å². The number of amides is 2. The van der Waals surface area contributed by atoms with Crippen LogP contribution in [0.5, 0.6) is 0 Å². The van der Waals surface area contributed by atoms with Crippen LogP contribution in [0.1, 0.15) is 39.1 Å². The molecule has 3 aromatic carbocycles. The number of primary amides is 1. The first-order valence-electron chi connectivity index (χ1n) is 11.5. The van der Waals surface area contributed by atoms with Crippen LogP contribution >= 0.6 is 0 Å². The van der Waals surface area contributed by atoms with Gasteiger partial charge in [-0.2, -0.15) is 0 Å². The molecule has 5 rings (SSSR count). The van der Waals surface area contributed by atoms with Gasteiger partial charge in [-0.05, 0) is 73.9 Å². The predicted molar refractivity (Wildman–Crippen MR) is 134 cm³/mol. The molecule has 4 aromatic rings. The molecule has 8 nitrogen and oxygen atoms in total. The lowest BCUT2D eigenvalue weighted by molar-refractivity contribution is 0.0996. The Kier molecular flexibility index (Phi) is 6.01. The van der Waals surface area contributed by atoms with Gasteiger partial charge in [0.25, 0.3) is 5.91 Å². The molecule has 35 heavy (non-hydrogen) atoms. The standard InChI is InChI=1S/C27H25N5O3/c1-17-6-2-3-7-21(17)27-31-30-26(35-27)19-10-8-18(9-11-19)25(34)29-22-16-20(24(28)33)12-13-23(22)32-14-4-5-15-32/h2-3,6-13,16H,4-5,14-15H2,1H3,(H2,28,33)(H,29,34). The van der Waals surface area contributed by atoms with Crippen LogP contribution < -0.4 is 16.0 Å². The monoisotopic (exact) mass is 467 g/mol. The van der Waals surface area contributed by atoms with Gasteiger partial charge in [-0.3, -0.25) is 9.59 Å². The van der Waals surface area contributed by atoms with Gasteiger partial charge in [0.15, 0.2) is 0 Å². The van der Waals surface area contributed by atoms with Gasteiger partial charge in [0, 0.05) is 35.3 Å². The number of aromatic nitrogens is 2. The zero-order valence-electron chi connectivity index (χ0n) is 19.3. The molecule has 0 aliphatic carbocycles. The van der Waals surface area contributed by atoms with E-state index in [0.717, 1.165) is 42.7 Å². The Bertz CT molecular complexity index is 1390. The Morgan fingerprint density at radius 3 is 2.31 bits per heavy atom. The molecule has 1 aliphatic heterocycles. The molecule has 8 heteroatoms. The summed E-state index contributed by atoms with van der Waals surface area (Å²) >= 11 is 0. The molecule has 0 spiro atoms. The van der Waals surface area contributed by atoms with Crippen molar-refractivity contribution in [1.29, 1.82) is 0 Å². The van der Waals surface area contributed by atoms with Gasteiger partial charge in [-0.25, -0.2) is 0 Å². The fourth-order valence-corrected chi connectivity index (χ4v) is 4.24. The smallest absolute Gasteiger partial charge is 0.255 e. The number of nitrogens with zero attached hydrogens (tertiary/aromatic N) is 3. The van der Waals surface area contributed by atoms with Crippen molar-refractivity contribution in [1.82, 2.24) is 10.2 Å². The number of anilines is 2. The largest absolute Gasteiger partial charge is 0.416 e. The van der Waals surface area contributed by atoms with Gasteiger partial charge in [-0.15, -0.1) is 10.2 Å². The van der Waals surface area contributed by atoms with Crippen molar-refractivity contribution in [3.05, 3.63) is 83.4 Å². The number of aryl methyl sites for hydroxylation is 1. The minimum Gasteiger partial charge on any atom is -0.416 e. The van der Waals surface area contributed by atoms with Crippen LogP contribution in [0.4, 0.5) is 11.4 Å². The van der Waals surface area contributed by atoms with Crippen molar-refractivity contribution < 1.29 is 14.0 Å². The zero-order chi connectivity index (χ0) is 24.4. The van der Waals surface area contributed by atoms with Gasteiger partial charge in [0.1, 0.15) is 0 Å². The van der Waals surface area contributed by atoms with Gasteiger partial charge in [-0.1, -0.05) is 18.2 Å². The molecule has 3 N–H and O–H groups in total. The summed E-state index contributed by atoms with van der Waals surface area (Å²) < 4.78 is 5.87. The molecule has 0 bridgehead atoms. The van der Waals surface area contributed by atoms with E-state index in [1.807, 2.05) is 37.3 Å². The number of hydrogen-bond donors (Lipinski definition) is 2. The normalized spacial score (nSPS) is 13.1. The molecule has 0 atom stereocenters. The summed E-state index contributed by atoms with van der Waals surface area (Å²) in [6.07, 6.45) is 2.18. The summed E-state index contributed by atoms with van der Waals surface area (Å²) in [5.41, 5.74) is 10.4. The maximum atomic E-state index is 13.0. The van der Waals surface area contributed by atoms with Crippen LogP contribution in [0, 0.1) is 6.92 Å². The highest BCUT2D eigenvalue weighted by molar-refractivity contribution is 6.07. The van der Waals surface area contributed by atoms with Crippen LogP contribution in [0.3, 0.4) is 0 Å². The molecule has 0 unspecified atom stereocenters. The average Bonchev–Trinajstić information content (AvgIpc) is 3.57. The van der Waals surface area contributed by atoms with Crippen molar-refractivity contribution in [3.63, 3.8) is 0 Å². The number of benzene rings is 3. The van der Waals surface area contributed by atoms with E-state index in [-0.39, 0.29) is 5.91 Å². The molecule has 1 aliphatic rings. The lowest BCUT2D eigenvalue weighted by atomic mass is 10.1. The summed E-state index contributed by atoms with van der Waals surface area (Å²) in [4.78, 5) is 26.9. The Balaban J connectivity index is 1.36. The second kappa shape index (κ2) is 9.42. The number of carbonyl (C=O) groups is 2. The third kappa shape index (κ3) is 4.63. The lowest BCUT2D eigenvalue weighted by Gasteiger charge is -2.22. The highest BCUT2D eigenvalue weighted by Crippen LogP contribution is 2.31. The van der Waals surface area contributed by atoms with Crippen LogP contribution in [-0.4, -0.2) is 35.1 Å². The van der Waals surface area contributed by atoms with Crippen LogP contribution in [0.25, 0.3) is 22.9 Å². The number of rotatable bonds is 6. The summed E-state index contributed by atoms with van der Waals surface area (Å²) in [7, 11) is 0. The number of nitrogens with two attached hydrogens (primary N) is 1. The van der Waals surface area contributed by atoms with Gasteiger partial charge >= 0.3 is 0 Å². The van der Waals surface area contributed by atoms with E-state index in [0.29, 0.717) is 34.2 Å². The minimum absolute atomic E-state index is 0.287. The van der Waals surface area contributed by atoms with E-state index in [1.54, 1.807) is 36.4 Å². The Morgan fingerprint density at radius 2 is 1.60 bits per heavy atom. The number of hydrogen-bond acceptors (Lipinski definition) is 6. The summed E-state index contributed by atoms with van der Waals surface area (Å²) in [5, 5.41) is 11.3. The van der Waals surface area contributed by atoms with E-state index in [1.165, 1.54) is 0 Å². The fourth-order valence-electron chi connectivity index (χ4n) is 4.24. The van der Waals surface area contributed by atoms with Gasteiger partial charge in [0.2, 0.25) is 17.7 Å². The topological polar surface area (TPSA) is 114 Å². The molecule has 1 saturated heterocycles. The molecular weight excluding hydrogens is 442 g/mol. The van der Waals surface area contributed by atoms with E-state index >= 15 is 0 Å². The first kappa shape index (κ1) is 22.3. The Labute approximate surface area is 202 Å². The molecular formula is C27H25N5O3. The maximum absolute atomic E-state index is 13.0. The highest BCUT2D eigenvalue weighted by atomic mass is 16.4. The molecule has 0 radical (unpaired) electrons. The third-order valence-corrected chi connectivity index (χ3v) is 6.17. The minimum atomic E-state index is -0.539. The summed E-state index contributed by atoms with van der Waals surface area (Å²) in [6, 6.07) is 19.9. The van der Waals surface area contributed by atoms with Crippen molar-refractivity contribution in [2.24, 2.45) is 5.73 Å². The van der Waals surface area contributed by atoms with E-state index in [9.17, 15) is 9.59 Å². The molecule has 2 amide bonds. The second-order valence-corrected chi connectivity index (χ2v) is 8.55. The zero-order valence-corrected chi connectivity index (χ0v) is 19.3. The first-order valence-corrected chi connectivity index (χ1v) is 11.5. The second-order valence-electron chi connectivity index (χ2n) is 8.55. The Hall–Kier alpha value is -4.46. The van der Waals surface area contributed by atoms with E-state index in [2.05, 4.69) is 20.4 Å². The average molecular weight is 468 g/mol. The number of nitrogens with one attached hydrogen (secondary N) is 1. The van der Waals surface area contributed by atoms with E-state index < -0.39 is 5.91 Å². The number of carbonyl (C=O) groups excluding carboxylic acids is 2. The van der Waals surface area contributed by atoms with Crippen LogP contribution in [0.15, 0.2) is 71.1 Å². The fraction of sp³-hybridized carbons (Fsp3) is 0.185. The summed E-state index contributed by atoms with van der Waals surface area (Å²) in [6.45, 7) is 3.80. The molecule has 1 aromatic heterocycles. The third-order valence-electron chi connectivity index (χ3n) is 6.17. The quantitative estimate of drug-likeness (QED) is 0.426. The van der Waals surface area contributed by atoms with E-state index in [4.69, 9.17) is 10.2 Å². The molecule has 176 valence electrons. The van der Waals surface area contributed by atoms with Crippen LogP contribution in [-0.2, 0) is 0 Å². The van der Waals surface area contributed by atoms with Crippen LogP contribution in [0.2, 0.25) is 0 Å². The molecule has 0 saturated carbocycles. The van der Waals surface area contributed by atoms with Gasteiger partial charge < -0.3 is 20.4 Å². The first-order chi connectivity index (χ1) is 17.0. The SMILES string of the molecule is Cc1ccccc1-c1nnc(-c2ccc(C(=O)Nc3cc(C(N)=O)ccc3N3CCCC3)cc2)o1. The van der Waals surface area contributed by atoms with Crippen molar-refractivity contribution in [3.8, 4) is 22.9 Å². The van der Waals surface area contributed by atoms with Crippen molar-refractivity contribution in [2.75, 3.05) is 23.3 Å². The van der Waals surface area contributed by atoms with Crippen molar-refractivity contribution in [2.45, 2.75) is 19.8 Å². The summed E-state index contributed by atoms with van der Waals surface area (Å²) in [5.74, 6) is -0.00317. The molecule has 2 heterocycles. The molecule has 1 fully saturated rings. The van der Waals surface area contributed by atoms with Crippen molar-refractivity contribution >= 4 is 23.2 Å². The highest BCUT2D eigenvalue weighted by Gasteiger charge is 2.19. The lowest BCUT2D eigenvalue weighted by Crippen LogP contribution is -2.22. The maximum Gasteiger partial charge on any atom is 0.255 e.